The van der Waals surface area contributed by atoms with Gasteiger partial charge in [0.2, 0.25) is 11.8 Å². The van der Waals surface area contributed by atoms with Crippen molar-refractivity contribution >= 4 is 29.8 Å². The molecule has 48 heavy (non-hydrogen) atoms. The minimum Gasteiger partial charge on any atom is -0.460 e. The number of ether oxygens (including phenoxy) is 4. The van der Waals surface area contributed by atoms with Crippen LogP contribution in [0.4, 0.5) is 0 Å². The summed E-state index contributed by atoms with van der Waals surface area (Å²) in [6.45, 7) is 4.93. The lowest BCUT2D eigenvalue weighted by atomic mass is 9.91. The Kier molecular flexibility index (Phi) is 10.5. The number of likely N-dealkylation sites (N-methyl/N-ethyl adjacent to an activating group) is 1. The number of carbonyl (C=O) groups excluding carboxylic acids is 4. The fourth-order valence-electron chi connectivity index (χ4n) is 6.17. The van der Waals surface area contributed by atoms with Gasteiger partial charge in [0.25, 0.3) is 0 Å². The van der Waals surface area contributed by atoms with Gasteiger partial charge in [-0.05, 0) is 62.1 Å². The number of amides is 2. The average molecular weight is 661 g/mol. The van der Waals surface area contributed by atoms with Crippen LogP contribution < -0.4 is 5.32 Å². The molecule has 2 aromatic rings. The lowest BCUT2D eigenvalue weighted by Crippen LogP contribution is -2.45. The number of nitrogens with one attached hydrogen (secondary N) is 1. The topological polar surface area (TPSA) is 141 Å². The molecule has 2 aliphatic carbocycles. The van der Waals surface area contributed by atoms with E-state index in [1.165, 1.54) is 11.0 Å². The molecule has 4 atom stereocenters. The minimum atomic E-state index is -0.972. The first kappa shape index (κ1) is 35.0. The van der Waals surface area contributed by atoms with Crippen LogP contribution in [0.25, 0.3) is 6.08 Å². The highest BCUT2D eigenvalue weighted by Gasteiger charge is 2.55. The molecule has 11 heteroatoms. The molecular formula is C37H44N2O9. The van der Waals surface area contributed by atoms with Crippen LogP contribution in [0.15, 0.2) is 66.3 Å². The summed E-state index contributed by atoms with van der Waals surface area (Å²) in [5.41, 5.74) is 2.63. The minimum absolute atomic E-state index is 0.0147. The molecule has 11 nitrogen and oxygen atoms in total. The van der Waals surface area contributed by atoms with Crippen molar-refractivity contribution in [1.29, 1.82) is 0 Å². The summed E-state index contributed by atoms with van der Waals surface area (Å²) in [4.78, 5) is 53.1. The molecule has 5 rings (SSSR count). The van der Waals surface area contributed by atoms with Gasteiger partial charge in [-0.25, -0.2) is 4.79 Å². The number of rotatable bonds is 10. The first-order chi connectivity index (χ1) is 22.8. The molecule has 2 amide bonds. The van der Waals surface area contributed by atoms with Crippen LogP contribution in [-0.4, -0.2) is 90.2 Å². The van der Waals surface area contributed by atoms with Crippen LogP contribution in [0, 0.1) is 0 Å². The van der Waals surface area contributed by atoms with Gasteiger partial charge in [-0.2, -0.15) is 0 Å². The zero-order valence-corrected chi connectivity index (χ0v) is 28.1. The van der Waals surface area contributed by atoms with E-state index in [2.05, 4.69) is 5.32 Å². The van der Waals surface area contributed by atoms with Gasteiger partial charge in [0.15, 0.2) is 5.79 Å². The molecule has 1 heterocycles. The molecule has 0 radical (unpaired) electrons. The van der Waals surface area contributed by atoms with Crippen molar-refractivity contribution in [2.45, 2.75) is 88.6 Å². The number of aliphatic hydroxyl groups excluding tert-OH is 1. The highest BCUT2D eigenvalue weighted by molar-refractivity contribution is 5.97. The van der Waals surface area contributed by atoms with Crippen LogP contribution in [0.1, 0.15) is 67.1 Å². The number of hydrogen-bond acceptors (Lipinski definition) is 9. The summed E-state index contributed by atoms with van der Waals surface area (Å²) in [5, 5.41) is 12.8. The number of hydrogen-bond donors (Lipinski definition) is 2. The van der Waals surface area contributed by atoms with E-state index in [-0.39, 0.29) is 37.3 Å². The van der Waals surface area contributed by atoms with Gasteiger partial charge in [-0.1, -0.05) is 42.5 Å². The van der Waals surface area contributed by atoms with Gasteiger partial charge >= 0.3 is 11.9 Å². The highest BCUT2D eigenvalue weighted by atomic mass is 16.8. The van der Waals surface area contributed by atoms with Crippen molar-refractivity contribution in [3.05, 3.63) is 88.5 Å². The van der Waals surface area contributed by atoms with Gasteiger partial charge < -0.3 is 34.3 Å². The Morgan fingerprint density at radius 1 is 1.04 bits per heavy atom. The van der Waals surface area contributed by atoms with Crippen molar-refractivity contribution in [2.24, 2.45) is 0 Å². The van der Waals surface area contributed by atoms with Crippen molar-refractivity contribution in [3.8, 4) is 0 Å². The van der Waals surface area contributed by atoms with Crippen LogP contribution in [0.3, 0.4) is 0 Å². The molecule has 4 unspecified atom stereocenters. The molecule has 0 saturated carbocycles. The van der Waals surface area contributed by atoms with Gasteiger partial charge in [-0.3, -0.25) is 14.4 Å². The normalized spacial score (nSPS) is 21.6. The van der Waals surface area contributed by atoms with Gasteiger partial charge in [0.05, 0.1) is 18.2 Å². The van der Waals surface area contributed by atoms with Crippen molar-refractivity contribution in [1.82, 2.24) is 10.2 Å². The number of aliphatic hydroxyl groups is 1. The molecule has 0 aromatic heterocycles. The largest absolute Gasteiger partial charge is 0.460 e. The van der Waals surface area contributed by atoms with E-state index < -0.39 is 53.6 Å². The summed E-state index contributed by atoms with van der Waals surface area (Å²) >= 11 is 0. The predicted octanol–water partition coefficient (Wildman–Crippen LogP) is 3.52. The van der Waals surface area contributed by atoms with Crippen LogP contribution in [-0.2, 0) is 46.2 Å². The summed E-state index contributed by atoms with van der Waals surface area (Å²) in [5.74, 6) is -2.74. The van der Waals surface area contributed by atoms with Crippen LogP contribution >= 0.6 is 0 Å². The third-order valence-electron chi connectivity index (χ3n) is 8.47. The van der Waals surface area contributed by atoms with Crippen LogP contribution in [0.2, 0.25) is 0 Å². The van der Waals surface area contributed by atoms with Crippen molar-refractivity contribution < 1.29 is 43.2 Å². The Morgan fingerprint density at radius 3 is 2.35 bits per heavy atom. The molecule has 1 aliphatic heterocycles. The lowest BCUT2D eigenvalue weighted by molar-refractivity contribution is -0.172. The molecule has 1 spiro atoms. The number of nitrogens with zero attached hydrogens (tertiary/aromatic N) is 1. The van der Waals surface area contributed by atoms with E-state index >= 15 is 0 Å². The molecular weight excluding hydrogens is 616 g/mol. The van der Waals surface area contributed by atoms with E-state index in [4.69, 9.17) is 18.9 Å². The first-order valence-corrected chi connectivity index (χ1v) is 16.2. The highest BCUT2D eigenvalue weighted by Crippen LogP contribution is 2.45. The predicted molar refractivity (Wildman–Crippen MR) is 176 cm³/mol. The van der Waals surface area contributed by atoms with Crippen molar-refractivity contribution in [2.75, 3.05) is 20.7 Å². The second-order valence-corrected chi connectivity index (χ2v) is 13.7. The summed E-state index contributed by atoms with van der Waals surface area (Å²) in [6, 6.07) is 14.1. The van der Waals surface area contributed by atoms with E-state index in [1.54, 1.807) is 71.3 Å². The number of esters is 2. The smallest absolute Gasteiger partial charge is 0.339 e. The summed E-state index contributed by atoms with van der Waals surface area (Å²) in [6.07, 6.45) is 3.64. The van der Waals surface area contributed by atoms with Gasteiger partial charge in [0.1, 0.15) is 23.9 Å². The van der Waals surface area contributed by atoms with E-state index in [1.807, 2.05) is 24.3 Å². The molecule has 0 bridgehead atoms. The maximum atomic E-state index is 13.7. The zero-order chi connectivity index (χ0) is 34.6. The van der Waals surface area contributed by atoms with E-state index in [0.29, 0.717) is 24.0 Å². The summed E-state index contributed by atoms with van der Waals surface area (Å²) in [7, 11) is 3.27. The van der Waals surface area contributed by atoms with Gasteiger partial charge in [0, 0.05) is 51.4 Å². The van der Waals surface area contributed by atoms with E-state index in [0.717, 1.165) is 11.1 Å². The Balaban J connectivity index is 1.35. The zero-order valence-electron chi connectivity index (χ0n) is 28.1. The maximum absolute atomic E-state index is 13.7. The average Bonchev–Trinajstić information content (AvgIpc) is 3.58. The monoisotopic (exact) mass is 660 g/mol. The second kappa shape index (κ2) is 14.4. The van der Waals surface area contributed by atoms with E-state index in [9.17, 15) is 24.3 Å². The Bertz CT molecular complexity index is 1580. The molecule has 1 saturated heterocycles. The summed E-state index contributed by atoms with van der Waals surface area (Å²) < 4.78 is 24.6. The Hall–Kier alpha value is -4.32. The molecule has 2 aromatic carbocycles. The Morgan fingerprint density at radius 2 is 1.71 bits per heavy atom. The molecule has 256 valence electrons. The van der Waals surface area contributed by atoms with Gasteiger partial charge in [-0.15, -0.1) is 0 Å². The third-order valence-corrected chi connectivity index (χ3v) is 8.47. The molecule has 1 fully saturated rings. The SMILES string of the molecule is CN(C)C(=O)C=Cc1ccccc1C(=O)OC1CC(C(=O)NC(CO)CCC(=O)OC(C)(C)C)=CC2OC3(Cc4ccccc4C3)OC21. The number of benzene rings is 2. The fourth-order valence-corrected chi connectivity index (χ4v) is 6.17. The number of carbonyl (C=O) groups is 4. The quantitative estimate of drug-likeness (QED) is 0.289. The standard InChI is InChI=1S/C37H44N2O9/c1-36(2,3)47-32(42)17-15-27(22-40)38-34(43)26-18-29(45-35(44)28-13-9-8-10-23(28)14-16-31(41)39(4)5)33-30(19-26)46-37(48-33)20-24-11-6-7-12-25(24)21-37/h6-14,16,19,27,29-30,33,40H,15,17-18,20-22H2,1-5H3,(H,38,43). The van der Waals surface area contributed by atoms with Crippen molar-refractivity contribution in [3.63, 3.8) is 0 Å². The number of fused-ring (bicyclic) bond motifs is 2. The lowest BCUT2D eigenvalue weighted by Gasteiger charge is -2.31. The first-order valence-electron chi connectivity index (χ1n) is 16.2. The molecule has 3 aliphatic rings. The molecule has 2 N–H and O–H groups in total. The fraction of sp³-hybridized carbons (Fsp3) is 0.459. The van der Waals surface area contributed by atoms with Crippen LogP contribution in [0.5, 0.6) is 0 Å². The maximum Gasteiger partial charge on any atom is 0.339 e. The second-order valence-electron chi connectivity index (χ2n) is 13.7. The Labute approximate surface area is 280 Å². The third kappa shape index (κ3) is 8.39.